The number of H-pyrrole nitrogens is 1. The van der Waals surface area contributed by atoms with E-state index in [1.165, 1.54) is 0 Å². The van der Waals surface area contributed by atoms with Crippen molar-refractivity contribution in [2.45, 2.75) is 6.42 Å². The minimum atomic E-state index is 0.553. The first-order chi connectivity index (χ1) is 6.34. The van der Waals surface area contributed by atoms with Crippen LogP contribution in [0.5, 0.6) is 0 Å². The molecule has 0 saturated heterocycles. The molecule has 0 saturated carbocycles. The maximum absolute atomic E-state index is 5.55. The molecule has 2 heterocycles. The average Bonchev–Trinajstić information content (AvgIpc) is 2.57. The third-order valence-electron chi connectivity index (χ3n) is 1.79. The normalized spacial score (nSPS) is 10.2. The first-order valence-corrected chi connectivity index (χ1v) is 4.02. The maximum atomic E-state index is 5.55. The molecule has 2 aromatic rings. The van der Waals surface area contributed by atoms with Crippen molar-refractivity contribution < 1.29 is 0 Å². The van der Waals surface area contributed by atoms with E-state index in [0.29, 0.717) is 5.69 Å². The van der Waals surface area contributed by atoms with Crippen molar-refractivity contribution in [2.75, 3.05) is 0 Å². The van der Waals surface area contributed by atoms with E-state index in [1.807, 2.05) is 12.1 Å². The molecule has 2 aromatic heterocycles. The highest BCUT2D eigenvalue weighted by atomic mass is 14.9. The van der Waals surface area contributed by atoms with Gasteiger partial charge >= 0.3 is 0 Å². The highest BCUT2D eigenvalue weighted by Crippen LogP contribution is 2.06. The number of hydrogen-bond acceptors (Lipinski definition) is 2. The molecule has 0 amide bonds. The number of nitrogens with one attached hydrogen (secondary N) is 1. The summed E-state index contributed by atoms with van der Waals surface area (Å²) in [6.07, 6.45) is 5.99. The van der Waals surface area contributed by atoms with Crippen LogP contribution in [-0.4, -0.2) is 15.0 Å². The Kier molecular flexibility index (Phi) is 2.08. The summed E-state index contributed by atoms with van der Waals surface area (Å²) in [6.45, 7) is 5.55. The zero-order valence-electron chi connectivity index (χ0n) is 7.07. The van der Waals surface area contributed by atoms with Crippen molar-refractivity contribution in [2.24, 2.45) is 0 Å². The summed E-state index contributed by atoms with van der Waals surface area (Å²) in [5.41, 5.74) is 2.76. The van der Waals surface area contributed by atoms with Gasteiger partial charge in [0.2, 0.25) is 0 Å². The summed E-state index contributed by atoms with van der Waals surface area (Å²) in [7, 11) is 0. The van der Waals surface area contributed by atoms with Crippen molar-refractivity contribution in [1.82, 2.24) is 15.0 Å². The smallest absolute Gasteiger partial charge is 0.0921 e. The zero-order chi connectivity index (χ0) is 9.10. The molecule has 3 heteroatoms. The fourth-order valence-corrected chi connectivity index (χ4v) is 1.21. The van der Waals surface area contributed by atoms with Crippen LogP contribution < -0.4 is 0 Å². The van der Waals surface area contributed by atoms with Gasteiger partial charge in [-0.15, -0.1) is 0 Å². The van der Waals surface area contributed by atoms with Crippen molar-refractivity contribution >= 4 is 0 Å². The van der Waals surface area contributed by atoms with E-state index < -0.39 is 0 Å². The van der Waals surface area contributed by atoms with Gasteiger partial charge in [0.05, 0.1) is 6.33 Å². The predicted molar refractivity (Wildman–Crippen MR) is 49.0 cm³/mol. The molecule has 0 aliphatic heterocycles. The quantitative estimate of drug-likeness (QED) is 0.743. The monoisotopic (exact) mass is 171 g/mol. The summed E-state index contributed by atoms with van der Waals surface area (Å²) >= 11 is 0. The van der Waals surface area contributed by atoms with Crippen LogP contribution in [0.25, 0.3) is 0 Å². The molecule has 0 bridgehead atoms. The second kappa shape index (κ2) is 3.39. The van der Waals surface area contributed by atoms with E-state index in [0.717, 1.165) is 17.7 Å². The van der Waals surface area contributed by atoms with Gasteiger partial charge in [0, 0.05) is 37.1 Å². The maximum Gasteiger partial charge on any atom is 0.0921 e. The lowest BCUT2D eigenvalue weighted by Gasteiger charge is -1.98. The van der Waals surface area contributed by atoms with Gasteiger partial charge in [0.25, 0.3) is 0 Å². The molecular weight excluding hydrogens is 162 g/mol. The number of aromatic amines is 1. The van der Waals surface area contributed by atoms with Crippen molar-refractivity contribution in [1.29, 1.82) is 0 Å². The summed E-state index contributed by atoms with van der Waals surface area (Å²) in [5, 5.41) is 0. The first-order valence-electron chi connectivity index (χ1n) is 4.02. The van der Waals surface area contributed by atoms with Crippen LogP contribution in [0, 0.1) is 6.92 Å². The molecule has 0 spiro atoms. The van der Waals surface area contributed by atoms with Crippen LogP contribution in [0.1, 0.15) is 17.0 Å². The van der Waals surface area contributed by atoms with E-state index in [-0.39, 0.29) is 0 Å². The summed E-state index contributed by atoms with van der Waals surface area (Å²) in [4.78, 5) is 10.9. The predicted octanol–water partition coefficient (Wildman–Crippen LogP) is 1.45. The van der Waals surface area contributed by atoms with Crippen LogP contribution in [-0.2, 0) is 6.42 Å². The van der Waals surface area contributed by atoms with Crippen LogP contribution in [0.4, 0.5) is 0 Å². The Morgan fingerprint density at radius 1 is 1.46 bits per heavy atom. The van der Waals surface area contributed by atoms with Gasteiger partial charge in [-0.05, 0) is 17.7 Å². The SMILES string of the molecule is [CH]c1cc(Cc2cnc[nH]2)ccn1. The molecule has 0 unspecified atom stereocenters. The highest BCUT2D eigenvalue weighted by Gasteiger charge is 1.97. The van der Waals surface area contributed by atoms with E-state index in [4.69, 9.17) is 6.92 Å². The molecule has 2 radical (unpaired) electrons. The molecule has 2 rings (SSSR count). The fraction of sp³-hybridized carbons (Fsp3) is 0.100. The topological polar surface area (TPSA) is 41.6 Å². The number of hydrogen-bond donors (Lipinski definition) is 1. The zero-order valence-corrected chi connectivity index (χ0v) is 7.07. The largest absolute Gasteiger partial charge is 0.348 e. The molecular formula is C10H9N3. The Morgan fingerprint density at radius 3 is 3.08 bits per heavy atom. The van der Waals surface area contributed by atoms with E-state index in [2.05, 4.69) is 15.0 Å². The first kappa shape index (κ1) is 7.98. The van der Waals surface area contributed by atoms with Crippen molar-refractivity contribution in [3.8, 4) is 0 Å². The molecule has 1 N–H and O–H groups in total. The average molecular weight is 171 g/mol. The molecule has 0 aliphatic rings. The lowest BCUT2D eigenvalue weighted by molar-refractivity contribution is 1.09. The van der Waals surface area contributed by atoms with Crippen molar-refractivity contribution in [3.63, 3.8) is 0 Å². The molecule has 0 aliphatic carbocycles. The summed E-state index contributed by atoms with van der Waals surface area (Å²) < 4.78 is 0. The number of imidazole rings is 1. The van der Waals surface area contributed by atoms with Crippen LogP contribution in [0.2, 0.25) is 0 Å². The fourth-order valence-electron chi connectivity index (χ4n) is 1.21. The number of rotatable bonds is 2. The van der Waals surface area contributed by atoms with Gasteiger partial charge in [-0.1, -0.05) is 0 Å². The van der Waals surface area contributed by atoms with E-state index >= 15 is 0 Å². The van der Waals surface area contributed by atoms with Crippen LogP contribution in [0.3, 0.4) is 0 Å². The molecule has 3 nitrogen and oxygen atoms in total. The third-order valence-corrected chi connectivity index (χ3v) is 1.79. The van der Waals surface area contributed by atoms with Gasteiger partial charge in [0.1, 0.15) is 0 Å². The number of aromatic nitrogens is 3. The number of nitrogens with zero attached hydrogens (tertiary/aromatic N) is 2. The standard InChI is InChI=1S/C10H9N3/c1-8-4-9(2-3-12-8)5-10-6-11-7-13-10/h1-4,6-7H,5H2,(H,11,13). The van der Waals surface area contributed by atoms with Gasteiger partial charge in [-0.3, -0.25) is 4.98 Å². The highest BCUT2D eigenvalue weighted by molar-refractivity contribution is 5.22. The summed E-state index contributed by atoms with van der Waals surface area (Å²) in [5.74, 6) is 0. The lowest BCUT2D eigenvalue weighted by atomic mass is 10.1. The third kappa shape index (κ3) is 1.93. The van der Waals surface area contributed by atoms with Gasteiger partial charge < -0.3 is 4.98 Å². The molecule has 0 atom stereocenters. The minimum absolute atomic E-state index is 0.553. The second-order valence-electron chi connectivity index (χ2n) is 2.84. The van der Waals surface area contributed by atoms with Gasteiger partial charge in [-0.25, -0.2) is 4.98 Å². The Bertz CT molecular complexity index is 379. The van der Waals surface area contributed by atoms with E-state index in [1.54, 1.807) is 18.7 Å². The van der Waals surface area contributed by atoms with Crippen LogP contribution in [0.15, 0.2) is 30.9 Å². The van der Waals surface area contributed by atoms with Gasteiger partial charge in [0.15, 0.2) is 0 Å². The second-order valence-corrected chi connectivity index (χ2v) is 2.84. The molecule has 64 valence electrons. The Labute approximate surface area is 76.9 Å². The van der Waals surface area contributed by atoms with Crippen LogP contribution >= 0.6 is 0 Å². The molecule has 13 heavy (non-hydrogen) atoms. The van der Waals surface area contributed by atoms with Gasteiger partial charge in [-0.2, -0.15) is 0 Å². The number of pyridine rings is 1. The van der Waals surface area contributed by atoms with E-state index in [9.17, 15) is 0 Å². The Balaban J connectivity index is 2.19. The Morgan fingerprint density at radius 2 is 2.38 bits per heavy atom. The summed E-state index contributed by atoms with van der Waals surface area (Å²) in [6, 6.07) is 3.80. The molecule has 0 fully saturated rings. The van der Waals surface area contributed by atoms with Crippen molar-refractivity contribution in [3.05, 3.63) is 54.7 Å². The minimum Gasteiger partial charge on any atom is -0.348 e. The molecule has 0 aromatic carbocycles. The lowest BCUT2D eigenvalue weighted by Crippen LogP contribution is -1.90. The Hall–Kier alpha value is -1.64.